The van der Waals surface area contributed by atoms with Gasteiger partial charge in [-0.25, -0.2) is 9.36 Å². The van der Waals surface area contributed by atoms with Crippen LogP contribution in [0.1, 0.15) is 32.5 Å². The number of carbonyl (C=O) groups excluding carboxylic acids is 2. The van der Waals surface area contributed by atoms with Crippen LogP contribution in [0.4, 0.5) is 5.69 Å². The van der Waals surface area contributed by atoms with Gasteiger partial charge in [0.2, 0.25) is 5.75 Å². The van der Waals surface area contributed by atoms with Gasteiger partial charge in [0.05, 0.1) is 45.2 Å². The molecule has 1 aliphatic heterocycles. The van der Waals surface area contributed by atoms with Crippen LogP contribution in [0.5, 0.6) is 23.0 Å². The largest absolute Gasteiger partial charge is 0.524 e. The van der Waals surface area contributed by atoms with E-state index in [-0.39, 0.29) is 41.0 Å². The van der Waals surface area contributed by atoms with E-state index in [9.17, 15) is 23.9 Å². The van der Waals surface area contributed by atoms with Crippen molar-refractivity contribution in [1.29, 1.82) is 0 Å². The van der Waals surface area contributed by atoms with Crippen LogP contribution >= 0.6 is 19.4 Å². The molecule has 0 aliphatic carbocycles. The minimum absolute atomic E-state index is 0.0326. The Hall–Kier alpha value is -3.90. The summed E-state index contributed by atoms with van der Waals surface area (Å²) < 4.78 is 37.9. The summed E-state index contributed by atoms with van der Waals surface area (Å²) in [6.07, 6.45) is 0. The molecule has 212 valence electrons. The Morgan fingerprint density at radius 3 is 2.27 bits per heavy atom. The molecule has 1 aliphatic rings. The molecular weight excluding hydrogens is 569 g/mol. The lowest BCUT2D eigenvalue weighted by Gasteiger charge is -2.18. The molecule has 0 spiro atoms. The molecule has 0 fully saturated rings. The SMILES string of the molecule is COC(=O)c1cc2c3c(cc(OP(=O)(O)O)c2[nH]1)N(C(=O)c1cc2cc(OC)c(OC)c(OC)c2[nH]1)CC3CCl. The number of nitrogens with one attached hydrogen (secondary N) is 2. The second-order valence-electron chi connectivity index (χ2n) is 8.91. The first-order valence-electron chi connectivity index (χ1n) is 11.8. The molecule has 2 aromatic carbocycles. The fourth-order valence-electron chi connectivity index (χ4n) is 5.08. The average Bonchev–Trinajstić information content (AvgIpc) is 3.65. The zero-order valence-electron chi connectivity index (χ0n) is 21.7. The fourth-order valence-corrected chi connectivity index (χ4v) is 5.73. The quantitative estimate of drug-likeness (QED) is 0.133. The van der Waals surface area contributed by atoms with Gasteiger partial charge >= 0.3 is 13.8 Å². The molecule has 0 radical (unpaired) electrons. The molecule has 15 heteroatoms. The van der Waals surface area contributed by atoms with E-state index >= 15 is 0 Å². The van der Waals surface area contributed by atoms with E-state index in [0.717, 1.165) is 0 Å². The number of benzene rings is 2. The second-order valence-corrected chi connectivity index (χ2v) is 10.4. The van der Waals surface area contributed by atoms with Crippen molar-refractivity contribution in [3.63, 3.8) is 0 Å². The van der Waals surface area contributed by atoms with E-state index in [1.807, 2.05) is 0 Å². The van der Waals surface area contributed by atoms with Crippen LogP contribution in [0.25, 0.3) is 21.8 Å². The maximum Gasteiger partial charge on any atom is 0.524 e. The van der Waals surface area contributed by atoms with Gasteiger partial charge in [0.25, 0.3) is 5.91 Å². The number of phosphoric acid groups is 1. The predicted molar refractivity (Wildman–Crippen MR) is 145 cm³/mol. The van der Waals surface area contributed by atoms with Gasteiger partial charge in [-0.2, -0.15) is 0 Å². The molecule has 0 saturated carbocycles. The molecule has 0 bridgehead atoms. The molecule has 4 aromatic rings. The van der Waals surface area contributed by atoms with Crippen LogP contribution in [0, 0.1) is 0 Å². The monoisotopic (exact) mass is 593 g/mol. The van der Waals surface area contributed by atoms with Gasteiger partial charge in [-0.1, -0.05) is 0 Å². The summed E-state index contributed by atoms with van der Waals surface area (Å²) in [5, 5.41) is 1.04. The van der Waals surface area contributed by atoms with Crippen LogP contribution in [-0.2, 0) is 9.30 Å². The summed E-state index contributed by atoms with van der Waals surface area (Å²) in [5.41, 5.74) is 1.83. The lowest BCUT2D eigenvalue weighted by molar-refractivity contribution is 0.0595. The molecule has 1 unspecified atom stereocenters. The van der Waals surface area contributed by atoms with Crippen LogP contribution in [0.2, 0.25) is 0 Å². The van der Waals surface area contributed by atoms with Crippen molar-refractivity contribution >= 4 is 58.8 Å². The fraction of sp³-hybridized carbons (Fsp3) is 0.280. The highest BCUT2D eigenvalue weighted by molar-refractivity contribution is 7.46. The number of hydrogen-bond acceptors (Lipinski definition) is 8. The Kier molecular flexibility index (Phi) is 7.09. The van der Waals surface area contributed by atoms with Crippen molar-refractivity contribution in [3.8, 4) is 23.0 Å². The molecule has 3 heterocycles. The van der Waals surface area contributed by atoms with Gasteiger partial charge in [-0.05, 0) is 23.8 Å². The maximum atomic E-state index is 13.9. The average molecular weight is 594 g/mol. The number of phosphoric ester groups is 1. The number of halogens is 1. The summed E-state index contributed by atoms with van der Waals surface area (Å²) >= 11 is 6.32. The third kappa shape index (κ3) is 4.50. The molecule has 1 atom stereocenters. The summed E-state index contributed by atoms with van der Waals surface area (Å²) in [5.74, 6) is -0.535. The van der Waals surface area contributed by atoms with E-state index in [1.165, 1.54) is 45.5 Å². The number of rotatable bonds is 8. The molecule has 13 nitrogen and oxygen atoms in total. The first-order valence-corrected chi connectivity index (χ1v) is 13.8. The van der Waals surface area contributed by atoms with Gasteiger partial charge in [-0.3, -0.25) is 14.6 Å². The Morgan fingerprint density at radius 1 is 0.975 bits per heavy atom. The number of aromatic nitrogens is 2. The van der Waals surface area contributed by atoms with Crippen molar-refractivity contribution in [2.24, 2.45) is 0 Å². The van der Waals surface area contributed by atoms with Crippen LogP contribution < -0.4 is 23.6 Å². The molecule has 4 N–H and O–H groups in total. The van der Waals surface area contributed by atoms with Gasteiger partial charge < -0.3 is 38.3 Å². The van der Waals surface area contributed by atoms with Gasteiger partial charge in [0.1, 0.15) is 11.4 Å². The summed E-state index contributed by atoms with van der Waals surface area (Å²) in [6.45, 7) is 0.157. The topological polar surface area (TPSA) is 173 Å². The first-order chi connectivity index (χ1) is 19.0. The van der Waals surface area contributed by atoms with Crippen molar-refractivity contribution in [3.05, 3.63) is 41.2 Å². The van der Waals surface area contributed by atoms with Gasteiger partial charge in [0, 0.05) is 35.2 Å². The standard InChI is InChI=1S/C25H25ClN3O10P/c1-35-18-6-11-5-14(27-20(11)23(37-3)22(18)36-2)24(30)29-10-12(9-26)19-13-7-15(25(31)38-4)28-21(13)17(8-16(19)29)39-40(32,33)34/h5-8,12,27-28H,9-10H2,1-4H3,(H2,32,33,34). The molecular formula is C25H25ClN3O10P. The predicted octanol–water partition coefficient (Wildman–Crippen LogP) is 3.92. The number of fused-ring (bicyclic) bond motifs is 4. The number of anilines is 1. The number of methoxy groups -OCH3 is 4. The molecule has 40 heavy (non-hydrogen) atoms. The first kappa shape index (κ1) is 27.7. The number of H-pyrrole nitrogens is 2. The third-order valence-corrected chi connectivity index (χ3v) is 7.51. The Balaban J connectivity index is 1.68. The van der Waals surface area contributed by atoms with E-state index in [4.69, 9.17) is 35.1 Å². The molecule has 0 saturated heterocycles. The molecule has 5 rings (SSSR count). The lowest BCUT2D eigenvalue weighted by Crippen LogP contribution is -2.30. The number of hydrogen-bond donors (Lipinski definition) is 4. The highest BCUT2D eigenvalue weighted by Gasteiger charge is 2.37. The number of esters is 1. The number of alkyl halides is 1. The zero-order valence-corrected chi connectivity index (χ0v) is 23.4. The van der Waals surface area contributed by atoms with Crippen LogP contribution in [0.3, 0.4) is 0 Å². The smallest absolute Gasteiger partial charge is 0.493 e. The number of aromatic amines is 2. The lowest BCUT2D eigenvalue weighted by atomic mass is 9.98. The highest BCUT2D eigenvalue weighted by Crippen LogP contribution is 2.50. The minimum atomic E-state index is -5.02. The van der Waals surface area contributed by atoms with E-state index < -0.39 is 19.7 Å². The number of carbonyl (C=O) groups is 2. The third-order valence-electron chi connectivity index (χ3n) is 6.70. The Morgan fingerprint density at radius 2 is 1.68 bits per heavy atom. The number of nitrogens with zero attached hydrogens (tertiary/aromatic N) is 1. The number of amides is 1. The maximum absolute atomic E-state index is 13.9. The molecule has 1 amide bonds. The van der Waals surface area contributed by atoms with Crippen molar-refractivity contribution in [2.75, 3.05) is 45.8 Å². The van der Waals surface area contributed by atoms with E-state index in [1.54, 1.807) is 12.1 Å². The van der Waals surface area contributed by atoms with Gasteiger partial charge in [-0.15, -0.1) is 11.6 Å². The van der Waals surface area contributed by atoms with Crippen molar-refractivity contribution in [1.82, 2.24) is 9.97 Å². The summed E-state index contributed by atoms with van der Waals surface area (Å²) in [6, 6.07) is 6.15. The summed E-state index contributed by atoms with van der Waals surface area (Å²) in [7, 11) is 0.610. The highest BCUT2D eigenvalue weighted by atomic mass is 35.5. The van der Waals surface area contributed by atoms with E-state index in [0.29, 0.717) is 44.8 Å². The molecule has 2 aromatic heterocycles. The van der Waals surface area contributed by atoms with E-state index in [2.05, 4.69) is 9.97 Å². The summed E-state index contributed by atoms with van der Waals surface area (Å²) in [4.78, 5) is 52.6. The zero-order chi connectivity index (χ0) is 28.9. The normalized spacial score (nSPS) is 14.9. The number of ether oxygens (including phenoxy) is 4. The van der Waals surface area contributed by atoms with Gasteiger partial charge in [0.15, 0.2) is 17.2 Å². The Labute approximate surface area is 232 Å². The van der Waals surface area contributed by atoms with Crippen molar-refractivity contribution < 1.29 is 47.4 Å². The second kappa shape index (κ2) is 10.3. The van der Waals surface area contributed by atoms with Crippen molar-refractivity contribution in [2.45, 2.75) is 5.92 Å². The minimum Gasteiger partial charge on any atom is -0.493 e. The van der Waals surface area contributed by atoms with Crippen LogP contribution in [0.15, 0.2) is 24.3 Å². The van der Waals surface area contributed by atoms with Crippen LogP contribution in [-0.4, -0.2) is 72.5 Å². The Bertz CT molecular complexity index is 1710.